The first-order valence-corrected chi connectivity index (χ1v) is 4.50. The maximum Gasteiger partial charge on any atom is 0.293 e. The molecule has 1 rings (SSSR count). The smallest absolute Gasteiger partial charge is 0.293 e. The molecule has 0 unspecified atom stereocenters. The van der Waals surface area contributed by atoms with Crippen LogP contribution in [0.5, 0.6) is 0 Å². The zero-order valence-corrected chi connectivity index (χ0v) is 8.67. The van der Waals surface area contributed by atoms with Crippen LogP contribution in [0, 0.1) is 11.8 Å². The average Bonchev–Trinajstić information content (AvgIpc) is 2.15. The van der Waals surface area contributed by atoms with Crippen LogP contribution >= 0.6 is 15.9 Å². The van der Waals surface area contributed by atoms with Crippen LogP contribution in [0.25, 0.3) is 0 Å². The molecule has 0 saturated carbocycles. The first-order valence-electron chi connectivity index (χ1n) is 3.71. The lowest BCUT2D eigenvalue weighted by atomic mass is 10.1. The summed E-state index contributed by atoms with van der Waals surface area (Å²) < 4.78 is 0.872. The third-order valence-corrected chi connectivity index (χ3v) is 1.93. The van der Waals surface area contributed by atoms with E-state index in [1.54, 1.807) is 24.3 Å². The van der Waals surface area contributed by atoms with Crippen LogP contribution in [0.2, 0.25) is 0 Å². The molecule has 2 N–H and O–H groups in total. The predicted octanol–water partition coefficient (Wildman–Crippen LogP) is 1.12. The van der Waals surface area contributed by atoms with Crippen molar-refractivity contribution in [2.75, 3.05) is 0 Å². The fourth-order valence-corrected chi connectivity index (χ4v) is 1.06. The number of primary amides is 1. The highest BCUT2D eigenvalue weighted by Gasteiger charge is 2.00. The Morgan fingerprint density at radius 1 is 1.14 bits per heavy atom. The topological polar surface area (TPSA) is 60.2 Å². The molecule has 0 fully saturated rings. The van der Waals surface area contributed by atoms with Gasteiger partial charge in [0.1, 0.15) is 0 Å². The van der Waals surface area contributed by atoms with Gasteiger partial charge in [-0.1, -0.05) is 15.9 Å². The summed E-state index contributed by atoms with van der Waals surface area (Å²) in [5, 5.41) is 0. The highest BCUT2D eigenvalue weighted by atomic mass is 79.9. The van der Waals surface area contributed by atoms with Crippen molar-refractivity contribution >= 4 is 27.6 Å². The second-order valence-corrected chi connectivity index (χ2v) is 3.37. The quantitative estimate of drug-likeness (QED) is 0.462. The number of benzene rings is 1. The molecule has 0 aliphatic heterocycles. The molecule has 0 aliphatic carbocycles. The molecule has 70 valence electrons. The Morgan fingerprint density at radius 2 is 1.71 bits per heavy atom. The first kappa shape index (κ1) is 10.5. The molecular weight excluding hydrogens is 246 g/mol. The Balaban J connectivity index is 2.87. The predicted molar refractivity (Wildman–Crippen MR) is 55.4 cm³/mol. The van der Waals surface area contributed by atoms with Crippen molar-refractivity contribution in [3.05, 3.63) is 34.3 Å². The van der Waals surface area contributed by atoms with Gasteiger partial charge in [-0.3, -0.25) is 9.59 Å². The van der Waals surface area contributed by atoms with E-state index in [4.69, 9.17) is 5.73 Å². The van der Waals surface area contributed by atoms with E-state index in [1.165, 1.54) is 0 Å². The molecule has 4 heteroatoms. The van der Waals surface area contributed by atoms with Crippen LogP contribution in [0.15, 0.2) is 28.7 Å². The molecule has 0 spiro atoms. The molecule has 0 atom stereocenters. The van der Waals surface area contributed by atoms with Gasteiger partial charge in [0, 0.05) is 16.0 Å². The van der Waals surface area contributed by atoms with E-state index in [2.05, 4.69) is 21.9 Å². The monoisotopic (exact) mass is 251 g/mol. The Kier molecular flexibility index (Phi) is 3.43. The number of amides is 1. The number of Topliss-reactive ketones (excluding diaryl/α,β-unsaturated/α-hetero) is 1. The number of hydrogen-bond acceptors (Lipinski definition) is 2. The minimum atomic E-state index is -0.810. The highest BCUT2D eigenvalue weighted by Crippen LogP contribution is 2.10. The summed E-state index contributed by atoms with van der Waals surface area (Å²) >= 11 is 3.24. The van der Waals surface area contributed by atoms with Gasteiger partial charge in [-0.05, 0) is 30.2 Å². The van der Waals surface area contributed by atoms with Gasteiger partial charge in [0.25, 0.3) is 5.91 Å². The number of nitrogens with two attached hydrogens (primary N) is 1. The van der Waals surface area contributed by atoms with Gasteiger partial charge < -0.3 is 5.73 Å². The molecule has 0 bridgehead atoms. The molecule has 3 nitrogen and oxygen atoms in total. The number of rotatable bonds is 1. The summed E-state index contributed by atoms with van der Waals surface area (Å²) in [5.41, 5.74) is 5.20. The standard InChI is InChI=1S/C10H6BrNO2/c11-8-3-1-7(2-4-8)9(13)5-6-10(12)14/h1-4H,(H2,12,14). The van der Waals surface area contributed by atoms with Crippen molar-refractivity contribution < 1.29 is 9.59 Å². The number of carbonyl (C=O) groups is 2. The van der Waals surface area contributed by atoms with E-state index in [9.17, 15) is 9.59 Å². The molecule has 1 aromatic rings. The van der Waals surface area contributed by atoms with E-state index in [-0.39, 0.29) is 0 Å². The van der Waals surface area contributed by atoms with E-state index >= 15 is 0 Å². The zero-order chi connectivity index (χ0) is 10.6. The normalized spacial score (nSPS) is 8.64. The molecule has 0 aromatic heterocycles. The highest BCUT2D eigenvalue weighted by molar-refractivity contribution is 9.10. The van der Waals surface area contributed by atoms with Gasteiger partial charge in [-0.2, -0.15) is 0 Å². The van der Waals surface area contributed by atoms with Gasteiger partial charge in [-0.25, -0.2) is 0 Å². The maximum absolute atomic E-state index is 11.3. The molecular formula is C10H6BrNO2. The van der Waals surface area contributed by atoms with Crippen molar-refractivity contribution in [2.24, 2.45) is 5.73 Å². The molecule has 0 saturated heterocycles. The van der Waals surface area contributed by atoms with Crippen molar-refractivity contribution in [3.8, 4) is 11.8 Å². The summed E-state index contributed by atoms with van der Waals surface area (Å²) in [7, 11) is 0. The summed E-state index contributed by atoms with van der Waals surface area (Å²) in [6, 6.07) is 6.67. The Hall–Kier alpha value is -1.60. The Bertz CT molecular complexity index is 426. The van der Waals surface area contributed by atoms with Crippen LogP contribution in [0.3, 0.4) is 0 Å². The molecule has 1 amide bonds. The van der Waals surface area contributed by atoms with Crippen LogP contribution in [0.1, 0.15) is 10.4 Å². The number of carbonyl (C=O) groups excluding carboxylic acids is 2. The zero-order valence-electron chi connectivity index (χ0n) is 7.08. The largest absolute Gasteiger partial charge is 0.359 e. The van der Waals surface area contributed by atoms with Crippen molar-refractivity contribution in [1.29, 1.82) is 0 Å². The maximum atomic E-state index is 11.3. The van der Waals surface area contributed by atoms with Crippen LogP contribution in [0.4, 0.5) is 0 Å². The van der Waals surface area contributed by atoms with Gasteiger partial charge in [0.2, 0.25) is 5.78 Å². The van der Waals surface area contributed by atoms with Gasteiger partial charge >= 0.3 is 0 Å². The lowest BCUT2D eigenvalue weighted by molar-refractivity contribution is -0.112. The first-order chi connectivity index (χ1) is 6.59. The SMILES string of the molecule is NC(=O)C#CC(=O)c1ccc(Br)cc1. The minimum absolute atomic E-state index is 0.420. The number of halogens is 1. The number of ketones is 1. The summed E-state index contributed by atoms with van der Waals surface area (Å²) in [4.78, 5) is 21.5. The van der Waals surface area contributed by atoms with Gasteiger partial charge in [0.15, 0.2) is 0 Å². The van der Waals surface area contributed by atoms with Crippen molar-refractivity contribution in [3.63, 3.8) is 0 Å². The summed E-state index contributed by atoms with van der Waals surface area (Å²) in [5.74, 6) is 2.90. The van der Waals surface area contributed by atoms with Crippen molar-refractivity contribution in [2.45, 2.75) is 0 Å². The lowest BCUT2D eigenvalue weighted by Crippen LogP contribution is -2.07. The van der Waals surface area contributed by atoms with Crippen LogP contribution in [-0.2, 0) is 4.79 Å². The summed E-state index contributed by atoms with van der Waals surface area (Å²) in [6.07, 6.45) is 0. The number of hydrogen-bond donors (Lipinski definition) is 1. The lowest BCUT2D eigenvalue weighted by Gasteiger charge is -1.92. The average molecular weight is 252 g/mol. The second kappa shape index (κ2) is 4.58. The van der Waals surface area contributed by atoms with Gasteiger partial charge in [0.05, 0.1) is 0 Å². The van der Waals surface area contributed by atoms with E-state index in [0.717, 1.165) is 4.47 Å². The van der Waals surface area contributed by atoms with E-state index in [1.807, 2.05) is 5.92 Å². The Labute approximate surface area is 89.4 Å². The summed E-state index contributed by atoms with van der Waals surface area (Å²) in [6.45, 7) is 0. The fraction of sp³-hybridized carbons (Fsp3) is 0. The minimum Gasteiger partial charge on any atom is -0.359 e. The van der Waals surface area contributed by atoms with E-state index < -0.39 is 11.7 Å². The third-order valence-electron chi connectivity index (χ3n) is 1.41. The molecule has 0 heterocycles. The molecule has 1 aromatic carbocycles. The third kappa shape index (κ3) is 3.04. The van der Waals surface area contributed by atoms with Crippen molar-refractivity contribution in [1.82, 2.24) is 0 Å². The van der Waals surface area contributed by atoms with Crippen LogP contribution < -0.4 is 5.73 Å². The second-order valence-electron chi connectivity index (χ2n) is 2.45. The van der Waals surface area contributed by atoms with E-state index in [0.29, 0.717) is 5.56 Å². The molecule has 14 heavy (non-hydrogen) atoms. The Morgan fingerprint density at radius 3 is 2.21 bits per heavy atom. The van der Waals surface area contributed by atoms with Crippen LogP contribution in [-0.4, -0.2) is 11.7 Å². The fourth-order valence-electron chi connectivity index (χ4n) is 0.792. The van der Waals surface area contributed by atoms with Gasteiger partial charge in [-0.15, -0.1) is 0 Å². The molecule has 0 aliphatic rings. The molecule has 0 radical (unpaired) electrons.